The van der Waals surface area contributed by atoms with E-state index in [1.807, 2.05) is 6.92 Å². The molecular weight excluding hydrogens is 181 g/mol. The molecule has 0 saturated heterocycles. The standard InChI is InChI=1S/C8H17F3N2/c1-4-5-13(3)7(6(2)12)8(9,10)11/h6-7H,4-5,12H2,1-3H3. The predicted octanol–water partition coefficient (Wildman–Crippen LogP) is 1.61. The van der Waals surface area contributed by atoms with Crippen LogP contribution in [-0.4, -0.2) is 36.8 Å². The maximum Gasteiger partial charge on any atom is 0.405 e. The van der Waals surface area contributed by atoms with Crippen LogP contribution in [0.4, 0.5) is 13.2 Å². The molecule has 2 nitrogen and oxygen atoms in total. The van der Waals surface area contributed by atoms with E-state index in [1.165, 1.54) is 18.9 Å². The van der Waals surface area contributed by atoms with E-state index in [4.69, 9.17) is 5.73 Å². The molecule has 0 spiro atoms. The summed E-state index contributed by atoms with van der Waals surface area (Å²) >= 11 is 0. The number of rotatable bonds is 4. The molecule has 2 N–H and O–H groups in total. The molecule has 5 heteroatoms. The van der Waals surface area contributed by atoms with Gasteiger partial charge in [0.1, 0.15) is 6.04 Å². The summed E-state index contributed by atoms with van der Waals surface area (Å²) in [5.41, 5.74) is 5.29. The quantitative estimate of drug-likeness (QED) is 0.743. The maximum absolute atomic E-state index is 12.4. The van der Waals surface area contributed by atoms with Gasteiger partial charge in [0.05, 0.1) is 0 Å². The van der Waals surface area contributed by atoms with E-state index in [0.717, 1.165) is 0 Å². The molecule has 80 valence electrons. The monoisotopic (exact) mass is 198 g/mol. The molecule has 2 unspecified atom stereocenters. The lowest BCUT2D eigenvalue weighted by Crippen LogP contribution is -2.53. The number of halogens is 3. The summed E-state index contributed by atoms with van der Waals surface area (Å²) in [6, 6.07) is -2.43. The van der Waals surface area contributed by atoms with Crippen LogP contribution in [0.3, 0.4) is 0 Å². The van der Waals surface area contributed by atoms with Crippen molar-refractivity contribution in [3.8, 4) is 0 Å². The smallest absolute Gasteiger partial charge is 0.326 e. The lowest BCUT2D eigenvalue weighted by atomic mass is 10.1. The average molecular weight is 198 g/mol. The van der Waals surface area contributed by atoms with Crippen LogP contribution in [0.1, 0.15) is 20.3 Å². The Morgan fingerprint density at radius 2 is 1.85 bits per heavy atom. The summed E-state index contributed by atoms with van der Waals surface area (Å²) < 4.78 is 37.3. The fourth-order valence-corrected chi connectivity index (χ4v) is 1.44. The van der Waals surface area contributed by atoms with E-state index in [0.29, 0.717) is 13.0 Å². The van der Waals surface area contributed by atoms with Gasteiger partial charge in [-0.05, 0) is 26.9 Å². The van der Waals surface area contributed by atoms with Crippen molar-refractivity contribution in [2.45, 2.75) is 38.5 Å². The zero-order valence-corrected chi connectivity index (χ0v) is 8.23. The number of nitrogens with zero attached hydrogens (tertiary/aromatic N) is 1. The van der Waals surface area contributed by atoms with E-state index in [9.17, 15) is 13.2 Å². The Labute approximate surface area is 76.9 Å². The highest BCUT2D eigenvalue weighted by Crippen LogP contribution is 2.25. The minimum atomic E-state index is -4.24. The summed E-state index contributed by atoms with van der Waals surface area (Å²) in [6.07, 6.45) is -3.55. The van der Waals surface area contributed by atoms with Gasteiger partial charge >= 0.3 is 6.18 Å². The van der Waals surface area contributed by atoms with Gasteiger partial charge in [0.15, 0.2) is 0 Å². The van der Waals surface area contributed by atoms with E-state index in [2.05, 4.69) is 0 Å². The second-order valence-corrected chi connectivity index (χ2v) is 3.33. The Morgan fingerprint density at radius 1 is 1.38 bits per heavy atom. The molecule has 0 saturated carbocycles. The van der Waals surface area contributed by atoms with Gasteiger partial charge in [-0.2, -0.15) is 13.2 Å². The summed E-state index contributed by atoms with van der Waals surface area (Å²) in [5, 5.41) is 0. The topological polar surface area (TPSA) is 29.3 Å². The molecule has 0 rings (SSSR count). The van der Waals surface area contributed by atoms with E-state index < -0.39 is 18.3 Å². The predicted molar refractivity (Wildman–Crippen MR) is 46.4 cm³/mol. The molecule has 0 aliphatic carbocycles. The zero-order valence-electron chi connectivity index (χ0n) is 8.23. The van der Waals surface area contributed by atoms with Gasteiger partial charge in [0, 0.05) is 6.04 Å². The molecule has 0 radical (unpaired) electrons. The van der Waals surface area contributed by atoms with Crippen LogP contribution < -0.4 is 5.73 Å². The summed E-state index contributed by atoms with van der Waals surface area (Å²) in [4.78, 5) is 1.25. The molecule has 0 aliphatic heterocycles. The van der Waals surface area contributed by atoms with E-state index in [-0.39, 0.29) is 0 Å². The Hall–Kier alpha value is -0.290. The fraction of sp³-hybridized carbons (Fsp3) is 1.00. The first-order valence-corrected chi connectivity index (χ1v) is 4.33. The number of nitrogens with two attached hydrogens (primary N) is 1. The van der Waals surface area contributed by atoms with Crippen molar-refractivity contribution >= 4 is 0 Å². The van der Waals surface area contributed by atoms with Gasteiger partial charge in [-0.1, -0.05) is 6.92 Å². The second kappa shape index (κ2) is 4.81. The highest BCUT2D eigenvalue weighted by Gasteiger charge is 2.44. The summed E-state index contributed by atoms with van der Waals surface area (Å²) in [5.74, 6) is 0. The zero-order chi connectivity index (χ0) is 10.6. The largest absolute Gasteiger partial charge is 0.405 e. The van der Waals surface area contributed by atoms with Crippen molar-refractivity contribution < 1.29 is 13.2 Å². The van der Waals surface area contributed by atoms with Crippen LogP contribution >= 0.6 is 0 Å². The number of likely N-dealkylation sites (N-methyl/N-ethyl adjacent to an activating group) is 1. The van der Waals surface area contributed by atoms with Gasteiger partial charge in [0.2, 0.25) is 0 Å². The SMILES string of the molecule is CCCN(C)C(C(C)N)C(F)(F)F. The third-order valence-corrected chi connectivity index (χ3v) is 1.88. The molecule has 0 fully saturated rings. The van der Waals surface area contributed by atoms with Crippen LogP contribution in [0.15, 0.2) is 0 Å². The van der Waals surface area contributed by atoms with E-state index in [1.54, 1.807) is 0 Å². The van der Waals surface area contributed by atoms with Gasteiger partial charge in [0.25, 0.3) is 0 Å². The average Bonchev–Trinajstić information content (AvgIpc) is 1.82. The van der Waals surface area contributed by atoms with Crippen molar-refractivity contribution in [3.63, 3.8) is 0 Å². The fourth-order valence-electron chi connectivity index (χ4n) is 1.44. The molecule has 0 aromatic carbocycles. The number of hydrogen-bond donors (Lipinski definition) is 1. The molecule has 0 bridgehead atoms. The number of alkyl halides is 3. The first-order chi connectivity index (χ1) is 5.80. The van der Waals surface area contributed by atoms with Crippen molar-refractivity contribution in [1.82, 2.24) is 4.90 Å². The minimum Gasteiger partial charge on any atom is -0.326 e. The molecule has 0 heterocycles. The molecule has 0 aromatic rings. The molecule has 0 amide bonds. The maximum atomic E-state index is 12.4. The molecule has 13 heavy (non-hydrogen) atoms. The Morgan fingerprint density at radius 3 is 2.08 bits per heavy atom. The Balaban J connectivity index is 4.42. The van der Waals surface area contributed by atoms with Crippen LogP contribution in [0.2, 0.25) is 0 Å². The van der Waals surface area contributed by atoms with Gasteiger partial charge in [-0.15, -0.1) is 0 Å². The van der Waals surface area contributed by atoms with Gasteiger partial charge in [-0.25, -0.2) is 0 Å². The highest BCUT2D eigenvalue weighted by molar-refractivity contribution is 4.83. The lowest BCUT2D eigenvalue weighted by molar-refractivity contribution is -0.184. The molecule has 0 aliphatic rings. The van der Waals surface area contributed by atoms with Crippen molar-refractivity contribution in [2.24, 2.45) is 5.73 Å². The Kier molecular flexibility index (Phi) is 4.70. The first-order valence-electron chi connectivity index (χ1n) is 4.33. The van der Waals surface area contributed by atoms with Crippen LogP contribution in [0.25, 0.3) is 0 Å². The normalized spacial score (nSPS) is 17.5. The van der Waals surface area contributed by atoms with Crippen LogP contribution in [-0.2, 0) is 0 Å². The number of hydrogen-bond acceptors (Lipinski definition) is 2. The molecule has 0 aromatic heterocycles. The molecule has 2 atom stereocenters. The summed E-state index contributed by atoms with van der Waals surface area (Å²) in [7, 11) is 1.45. The molecular formula is C8H17F3N2. The van der Waals surface area contributed by atoms with Crippen LogP contribution in [0, 0.1) is 0 Å². The van der Waals surface area contributed by atoms with E-state index >= 15 is 0 Å². The van der Waals surface area contributed by atoms with Crippen LogP contribution in [0.5, 0.6) is 0 Å². The lowest BCUT2D eigenvalue weighted by Gasteiger charge is -2.32. The first kappa shape index (κ1) is 12.7. The van der Waals surface area contributed by atoms with Gasteiger partial charge < -0.3 is 5.73 Å². The second-order valence-electron chi connectivity index (χ2n) is 3.33. The van der Waals surface area contributed by atoms with Gasteiger partial charge in [-0.3, -0.25) is 4.90 Å². The Bertz CT molecular complexity index is 145. The third-order valence-electron chi connectivity index (χ3n) is 1.88. The van der Waals surface area contributed by atoms with Crippen molar-refractivity contribution in [1.29, 1.82) is 0 Å². The third kappa shape index (κ3) is 3.95. The minimum absolute atomic E-state index is 0.408. The van der Waals surface area contributed by atoms with Crippen molar-refractivity contribution in [2.75, 3.05) is 13.6 Å². The summed E-state index contributed by atoms with van der Waals surface area (Å²) in [6.45, 7) is 3.63. The highest BCUT2D eigenvalue weighted by atomic mass is 19.4. The van der Waals surface area contributed by atoms with Crippen molar-refractivity contribution in [3.05, 3.63) is 0 Å².